The van der Waals surface area contributed by atoms with Gasteiger partial charge in [0.1, 0.15) is 10.8 Å². The van der Waals surface area contributed by atoms with Gasteiger partial charge in [0.15, 0.2) is 0 Å². The van der Waals surface area contributed by atoms with Crippen LogP contribution < -0.4 is 14.8 Å². The summed E-state index contributed by atoms with van der Waals surface area (Å²) in [5.74, 6) is 1.21. The number of thiazole rings is 1. The van der Waals surface area contributed by atoms with E-state index in [1.54, 1.807) is 0 Å². The molecule has 0 amide bonds. The average molecular weight is 429 g/mol. The highest BCUT2D eigenvalue weighted by molar-refractivity contribution is 7.20. The van der Waals surface area contributed by atoms with E-state index < -0.39 is 0 Å². The maximum atomic E-state index is 6.51. The fraction of sp³-hybridized carbons (Fsp3) is 0.650. The highest BCUT2D eigenvalue weighted by atomic mass is 35.5. The maximum Gasteiger partial charge on any atom is 0.274 e. The third-order valence-electron chi connectivity index (χ3n) is 4.70. The van der Waals surface area contributed by atoms with Gasteiger partial charge in [-0.05, 0) is 51.7 Å². The lowest BCUT2D eigenvalue weighted by Crippen LogP contribution is -2.39. The van der Waals surface area contributed by atoms with Crippen LogP contribution in [0.4, 0.5) is 0 Å². The van der Waals surface area contributed by atoms with Gasteiger partial charge in [-0.15, -0.1) is 0 Å². The van der Waals surface area contributed by atoms with Gasteiger partial charge < -0.3 is 18.9 Å². The van der Waals surface area contributed by atoms with Crippen molar-refractivity contribution in [1.29, 1.82) is 0 Å². The van der Waals surface area contributed by atoms with Gasteiger partial charge in [-0.2, -0.15) is 0 Å². The molecule has 0 aliphatic heterocycles. The Hall–Kier alpha value is -1.12. The minimum atomic E-state index is 0.286. The number of rotatable bonds is 12. The first-order valence-corrected chi connectivity index (χ1v) is 11.1. The molecule has 1 aromatic heterocycles. The Bertz CT molecular complexity index is 751. The zero-order chi connectivity index (χ0) is 19.9. The van der Waals surface area contributed by atoms with Crippen molar-refractivity contribution < 1.29 is 18.9 Å². The molecule has 1 heterocycles. The molecule has 3 rings (SSSR count). The van der Waals surface area contributed by atoms with E-state index in [4.69, 9.17) is 30.5 Å². The molecular formula is C20H29ClN2O4S. The molecule has 156 valence electrons. The van der Waals surface area contributed by atoms with Crippen molar-refractivity contribution in [3.05, 3.63) is 17.2 Å². The van der Waals surface area contributed by atoms with E-state index in [0.29, 0.717) is 54.5 Å². The Morgan fingerprint density at radius 1 is 1.25 bits per heavy atom. The van der Waals surface area contributed by atoms with E-state index in [-0.39, 0.29) is 6.04 Å². The molecule has 0 bridgehead atoms. The fourth-order valence-corrected chi connectivity index (χ4v) is 4.25. The molecule has 0 radical (unpaired) electrons. The number of fused-ring (bicyclic) bond motifs is 1. The van der Waals surface area contributed by atoms with Gasteiger partial charge in [0.05, 0.1) is 42.9 Å². The molecule has 1 aliphatic rings. The van der Waals surface area contributed by atoms with Crippen LogP contribution in [-0.2, 0) is 9.47 Å². The van der Waals surface area contributed by atoms with Gasteiger partial charge in [-0.1, -0.05) is 22.9 Å². The molecule has 28 heavy (non-hydrogen) atoms. The summed E-state index contributed by atoms with van der Waals surface area (Å²) in [6.07, 6.45) is 2.36. The second-order valence-electron chi connectivity index (χ2n) is 6.98. The first kappa shape index (κ1) is 21.6. The third kappa shape index (κ3) is 5.70. The van der Waals surface area contributed by atoms with Crippen LogP contribution in [0, 0.1) is 5.92 Å². The van der Waals surface area contributed by atoms with Crippen LogP contribution in [0.3, 0.4) is 0 Å². The van der Waals surface area contributed by atoms with Crippen LogP contribution in [0.15, 0.2) is 12.1 Å². The topological polar surface area (TPSA) is 61.8 Å². The molecule has 2 aromatic rings. The predicted octanol–water partition coefficient (Wildman–Crippen LogP) is 4.49. The molecule has 1 N–H and O–H groups in total. The summed E-state index contributed by atoms with van der Waals surface area (Å²) in [5, 5.41) is 4.53. The highest BCUT2D eigenvalue weighted by Gasteiger charge is 2.31. The van der Waals surface area contributed by atoms with Gasteiger partial charge in [-0.25, -0.2) is 4.98 Å². The van der Waals surface area contributed by atoms with E-state index in [2.05, 4.69) is 17.2 Å². The number of halogens is 1. The zero-order valence-electron chi connectivity index (χ0n) is 16.7. The van der Waals surface area contributed by atoms with Crippen molar-refractivity contribution in [2.75, 3.05) is 33.2 Å². The molecular weight excluding hydrogens is 400 g/mol. The van der Waals surface area contributed by atoms with E-state index in [9.17, 15) is 0 Å². The lowest BCUT2D eigenvalue weighted by Gasteiger charge is -2.35. The molecule has 1 atom stereocenters. The smallest absolute Gasteiger partial charge is 0.274 e. The number of nitrogens with zero attached hydrogens (tertiary/aromatic N) is 1. The highest BCUT2D eigenvalue weighted by Crippen LogP contribution is 2.39. The summed E-state index contributed by atoms with van der Waals surface area (Å²) in [7, 11) is 0. The Labute approximate surface area is 175 Å². The van der Waals surface area contributed by atoms with Crippen molar-refractivity contribution in [1.82, 2.24) is 10.3 Å². The van der Waals surface area contributed by atoms with Crippen molar-refractivity contribution in [3.63, 3.8) is 0 Å². The average Bonchev–Trinajstić information content (AvgIpc) is 3.06. The third-order valence-corrected chi connectivity index (χ3v) is 6.19. The number of hydrogen-bond acceptors (Lipinski definition) is 7. The Morgan fingerprint density at radius 2 is 2.07 bits per heavy atom. The zero-order valence-corrected chi connectivity index (χ0v) is 18.3. The van der Waals surface area contributed by atoms with E-state index in [0.717, 1.165) is 29.7 Å². The minimum Gasteiger partial charge on any atom is -0.492 e. The number of benzene rings is 1. The van der Waals surface area contributed by atoms with Crippen molar-refractivity contribution >= 4 is 33.2 Å². The predicted molar refractivity (Wildman–Crippen MR) is 113 cm³/mol. The number of hydrogen-bond donors (Lipinski definition) is 1. The summed E-state index contributed by atoms with van der Waals surface area (Å²) in [4.78, 5) is 4.42. The summed E-state index contributed by atoms with van der Waals surface area (Å²) in [5.41, 5.74) is 0.843. The molecule has 6 nitrogen and oxygen atoms in total. The Kier molecular flexibility index (Phi) is 8.17. The van der Waals surface area contributed by atoms with E-state index in [1.807, 2.05) is 26.0 Å². The maximum absolute atomic E-state index is 6.51. The van der Waals surface area contributed by atoms with Crippen LogP contribution in [-0.4, -0.2) is 50.3 Å². The Balaban J connectivity index is 1.39. The monoisotopic (exact) mass is 428 g/mol. The van der Waals surface area contributed by atoms with Gasteiger partial charge in [0, 0.05) is 12.6 Å². The molecule has 8 heteroatoms. The molecule has 1 aliphatic carbocycles. The molecule has 1 fully saturated rings. The number of aromatic nitrogens is 1. The van der Waals surface area contributed by atoms with Gasteiger partial charge in [-0.3, -0.25) is 5.32 Å². The second-order valence-corrected chi connectivity index (χ2v) is 8.32. The van der Waals surface area contributed by atoms with Crippen molar-refractivity contribution in [3.8, 4) is 10.9 Å². The van der Waals surface area contributed by atoms with Gasteiger partial charge >= 0.3 is 0 Å². The van der Waals surface area contributed by atoms with Crippen LogP contribution >= 0.6 is 22.9 Å². The molecule has 0 saturated heterocycles. The lowest BCUT2D eigenvalue weighted by molar-refractivity contribution is -0.0500. The van der Waals surface area contributed by atoms with Gasteiger partial charge in [0.25, 0.3) is 5.19 Å². The molecule has 0 unspecified atom stereocenters. The first-order valence-electron chi connectivity index (χ1n) is 9.88. The van der Waals surface area contributed by atoms with Crippen LogP contribution in [0.2, 0.25) is 5.02 Å². The Morgan fingerprint density at radius 3 is 2.82 bits per heavy atom. The largest absolute Gasteiger partial charge is 0.492 e. The van der Waals surface area contributed by atoms with Crippen LogP contribution in [0.25, 0.3) is 10.2 Å². The summed E-state index contributed by atoms with van der Waals surface area (Å²) in [6, 6.07) is 4.10. The summed E-state index contributed by atoms with van der Waals surface area (Å²) >= 11 is 7.97. The SMILES string of the molecule is CCOCN[C@@H](C)COC1CC(COc2ccc3nc(OCC)sc3c2Cl)C1. The minimum absolute atomic E-state index is 0.286. The van der Waals surface area contributed by atoms with Crippen LogP contribution in [0.1, 0.15) is 33.6 Å². The summed E-state index contributed by atoms with van der Waals surface area (Å²) < 4.78 is 23.6. The molecule has 1 saturated carbocycles. The standard InChI is InChI=1S/C20H29ClN2O4S/c1-4-24-12-22-13(3)10-26-15-8-14(9-15)11-27-17-7-6-16-19(18(17)21)28-20(23-16)25-5-2/h6-7,13-15,22H,4-5,8-12H2,1-3H3/t13-,14?,15?/m0/s1. The molecule has 1 aromatic carbocycles. The van der Waals surface area contributed by atoms with E-state index >= 15 is 0 Å². The normalized spacial score (nSPS) is 20.1. The van der Waals surface area contributed by atoms with Crippen molar-refractivity contribution in [2.24, 2.45) is 5.92 Å². The van der Waals surface area contributed by atoms with Crippen LogP contribution in [0.5, 0.6) is 10.9 Å². The quantitative estimate of drug-likeness (QED) is 0.397. The number of ether oxygens (including phenoxy) is 4. The van der Waals surface area contributed by atoms with Gasteiger partial charge in [0.2, 0.25) is 0 Å². The summed E-state index contributed by atoms with van der Waals surface area (Å²) in [6.45, 7) is 9.26. The molecule has 0 spiro atoms. The van der Waals surface area contributed by atoms with E-state index in [1.165, 1.54) is 11.3 Å². The lowest BCUT2D eigenvalue weighted by atomic mass is 9.83. The fourth-order valence-electron chi connectivity index (χ4n) is 3.02. The second kappa shape index (κ2) is 10.6. The number of nitrogens with one attached hydrogen (secondary N) is 1. The van der Waals surface area contributed by atoms with Crippen molar-refractivity contribution in [2.45, 2.75) is 45.8 Å². The first-order chi connectivity index (χ1) is 13.6.